The fourth-order valence-electron chi connectivity index (χ4n) is 2.46. The molecule has 19 heavy (non-hydrogen) atoms. The minimum absolute atomic E-state index is 0.0524. The first kappa shape index (κ1) is 14.1. The summed E-state index contributed by atoms with van der Waals surface area (Å²) in [5.41, 5.74) is 1.23. The summed E-state index contributed by atoms with van der Waals surface area (Å²) >= 11 is 1.54. The lowest BCUT2D eigenvalue weighted by molar-refractivity contribution is -0.143. The molecule has 0 aromatic carbocycles. The van der Waals surface area contributed by atoms with Crippen LogP contribution in [0.2, 0.25) is 0 Å². The van der Waals surface area contributed by atoms with Crippen molar-refractivity contribution in [1.29, 1.82) is 0 Å². The number of carbonyl (C=O) groups excluding carboxylic acids is 1. The van der Waals surface area contributed by atoms with Gasteiger partial charge in [0.2, 0.25) is 0 Å². The molecule has 0 saturated carbocycles. The number of rotatable bonds is 3. The standard InChI is InChI=1S/C14H19NO3S/c1-3-10-8-12(19-9(10)2)13(16)15-6-4-11(5-7-15)14(17)18/h8,11H,3-7H2,1-2H3,(H,17,18). The zero-order chi connectivity index (χ0) is 14.0. The van der Waals surface area contributed by atoms with Crippen molar-refractivity contribution < 1.29 is 14.7 Å². The van der Waals surface area contributed by atoms with Crippen LogP contribution in [-0.4, -0.2) is 35.0 Å². The van der Waals surface area contributed by atoms with E-state index in [0.717, 1.165) is 11.3 Å². The van der Waals surface area contributed by atoms with Crippen LogP contribution in [0.15, 0.2) is 6.07 Å². The Morgan fingerprint density at radius 2 is 2.05 bits per heavy atom. The Kier molecular flexibility index (Phi) is 4.24. The third-order valence-corrected chi connectivity index (χ3v) is 4.82. The average molecular weight is 281 g/mol. The van der Waals surface area contributed by atoms with Gasteiger partial charge in [-0.2, -0.15) is 0 Å². The van der Waals surface area contributed by atoms with E-state index in [9.17, 15) is 9.59 Å². The van der Waals surface area contributed by atoms with Gasteiger partial charge in [-0.05, 0) is 37.8 Å². The molecule has 104 valence electrons. The summed E-state index contributed by atoms with van der Waals surface area (Å²) in [6.45, 7) is 5.22. The van der Waals surface area contributed by atoms with E-state index in [1.54, 1.807) is 16.2 Å². The van der Waals surface area contributed by atoms with Crippen LogP contribution in [0.1, 0.15) is 39.9 Å². The smallest absolute Gasteiger partial charge is 0.306 e. The molecule has 1 aromatic heterocycles. The van der Waals surface area contributed by atoms with Gasteiger partial charge in [0.05, 0.1) is 10.8 Å². The number of hydrogen-bond acceptors (Lipinski definition) is 3. The summed E-state index contributed by atoms with van der Waals surface area (Å²) in [4.78, 5) is 27.0. The Labute approximate surface area is 117 Å². The molecule has 0 unspecified atom stereocenters. The second-order valence-electron chi connectivity index (χ2n) is 4.95. The highest BCUT2D eigenvalue weighted by atomic mass is 32.1. The molecule has 1 saturated heterocycles. The monoisotopic (exact) mass is 281 g/mol. The van der Waals surface area contributed by atoms with Crippen LogP contribution in [-0.2, 0) is 11.2 Å². The highest BCUT2D eigenvalue weighted by Crippen LogP contribution is 2.25. The summed E-state index contributed by atoms with van der Waals surface area (Å²) in [5, 5.41) is 8.95. The van der Waals surface area contributed by atoms with Crippen molar-refractivity contribution in [2.75, 3.05) is 13.1 Å². The molecule has 0 bridgehead atoms. The number of piperidine rings is 1. The molecular formula is C14H19NO3S. The van der Waals surface area contributed by atoms with Crippen LogP contribution in [0.25, 0.3) is 0 Å². The van der Waals surface area contributed by atoms with Gasteiger partial charge in [0.25, 0.3) is 5.91 Å². The van der Waals surface area contributed by atoms with E-state index in [4.69, 9.17) is 5.11 Å². The molecule has 2 rings (SSSR count). The van der Waals surface area contributed by atoms with Crippen LogP contribution >= 0.6 is 11.3 Å². The largest absolute Gasteiger partial charge is 0.481 e. The van der Waals surface area contributed by atoms with Crippen molar-refractivity contribution in [1.82, 2.24) is 4.90 Å². The maximum atomic E-state index is 12.3. The van der Waals surface area contributed by atoms with Crippen molar-refractivity contribution in [3.63, 3.8) is 0 Å². The molecular weight excluding hydrogens is 262 g/mol. The number of aliphatic carboxylic acids is 1. The van der Waals surface area contributed by atoms with Crippen LogP contribution in [0.5, 0.6) is 0 Å². The minimum Gasteiger partial charge on any atom is -0.481 e. The van der Waals surface area contributed by atoms with E-state index >= 15 is 0 Å². The Morgan fingerprint density at radius 1 is 1.42 bits per heavy atom. The topological polar surface area (TPSA) is 57.6 Å². The first-order chi connectivity index (χ1) is 9.02. The number of carbonyl (C=O) groups is 2. The zero-order valence-corrected chi connectivity index (χ0v) is 12.1. The van der Waals surface area contributed by atoms with E-state index in [-0.39, 0.29) is 11.8 Å². The molecule has 4 nitrogen and oxygen atoms in total. The molecule has 1 aromatic rings. The molecule has 5 heteroatoms. The van der Waals surface area contributed by atoms with Gasteiger partial charge in [0.15, 0.2) is 0 Å². The Balaban J connectivity index is 2.03. The normalized spacial score (nSPS) is 16.6. The van der Waals surface area contributed by atoms with Crippen molar-refractivity contribution in [3.8, 4) is 0 Å². The molecule has 1 aliphatic heterocycles. The number of nitrogens with zero attached hydrogens (tertiary/aromatic N) is 1. The molecule has 1 fully saturated rings. The highest BCUT2D eigenvalue weighted by Gasteiger charge is 2.28. The summed E-state index contributed by atoms with van der Waals surface area (Å²) in [7, 11) is 0. The zero-order valence-electron chi connectivity index (χ0n) is 11.3. The quantitative estimate of drug-likeness (QED) is 0.926. The third kappa shape index (κ3) is 2.97. The number of aryl methyl sites for hydroxylation is 2. The molecule has 0 aliphatic carbocycles. The predicted octanol–water partition coefficient (Wildman–Crippen LogP) is 2.56. The van der Waals surface area contributed by atoms with Crippen molar-refractivity contribution in [2.45, 2.75) is 33.1 Å². The molecule has 0 atom stereocenters. The number of amides is 1. The minimum atomic E-state index is -0.743. The van der Waals surface area contributed by atoms with Crippen molar-refractivity contribution >= 4 is 23.2 Å². The lowest BCUT2D eigenvalue weighted by Gasteiger charge is -2.29. The second-order valence-corrected chi connectivity index (χ2v) is 6.21. The Bertz CT molecular complexity index is 487. The van der Waals surface area contributed by atoms with Crippen LogP contribution in [0.4, 0.5) is 0 Å². The Hall–Kier alpha value is -1.36. The number of thiophene rings is 1. The van der Waals surface area contributed by atoms with E-state index in [1.165, 1.54) is 10.4 Å². The first-order valence-corrected chi connectivity index (χ1v) is 7.46. The Morgan fingerprint density at radius 3 is 2.53 bits per heavy atom. The highest BCUT2D eigenvalue weighted by molar-refractivity contribution is 7.14. The van der Waals surface area contributed by atoms with Crippen LogP contribution in [0.3, 0.4) is 0 Å². The predicted molar refractivity (Wildman–Crippen MR) is 74.7 cm³/mol. The SMILES string of the molecule is CCc1cc(C(=O)N2CCC(C(=O)O)CC2)sc1C. The number of carboxylic acid groups (broad SMARTS) is 1. The first-order valence-electron chi connectivity index (χ1n) is 6.64. The van der Waals surface area contributed by atoms with E-state index < -0.39 is 5.97 Å². The fourth-order valence-corrected chi connectivity index (χ4v) is 3.54. The van der Waals surface area contributed by atoms with Gasteiger partial charge in [-0.1, -0.05) is 6.92 Å². The van der Waals surface area contributed by atoms with E-state index in [1.807, 2.05) is 13.0 Å². The summed E-state index contributed by atoms with van der Waals surface area (Å²) < 4.78 is 0. The van der Waals surface area contributed by atoms with E-state index in [0.29, 0.717) is 25.9 Å². The second kappa shape index (κ2) is 5.74. The fraction of sp³-hybridized carbons (Fsp3) is 0.571. The maximum Gasteiger partial charge on any atom is 0.306 e. The number of carboxylic acids is 1. The molecule has 1 aliphatic rings. The molecule has 2 heterocycles. The van der Waals surface area contributed by atoms with E-state index in [2.05, 4.69) is 6.92 Å². The van der Waals surface area contributed by atoms with Crippen molar-refractivity contribution in [3.05, 3.63) is 21.4 Å². The molecule has 1 amide bonds. The molecule has 1 N–H and O–H groups in total. The van der Waals surface area contributed by atoms with Gasteiger partial charge in [-0.25, -0.2) is 0 Å². The van der Waals surface area contributed by atoms with Crippen LogP contribution in [0, 0.1) is 12.8 Å². The van der Waals surface area contributed by atoms with Gasteiger partial charge in [0.1, 0.15) is 0 Å². The van der Waals surface area contributed by atoms with Crippen LogP contribution < -0.4 is 0 Å². The maximum absolute atomic E-state index is 12.3. The van der Waals surface area contributed by atoms with Gasteiger partial charge in [0, 0.05) is 18.0 Å². The van der Waals surface area contributed by atoms with Gasteiger partial charge in [-0.3, -0.25) is 9.59 Å². The third-order valence-electron chi connectivity index (χ3n) is 3.74. The lowest BCUT2D eigenvalue weighted by Crippen LogP contribution is -2.39. The lowest BCUT2D eigenvalue weighted by atomic mass is 9.97. The number of hydrogen-bond donors (Lipinski definition) is 1. The number of likely N-dealkylation sites (tertiary alicyclic amines) is 1. The average Bonchev–Trinajstić information content (AvgIpc) is 2.79. The molecule has 0 radical (unpaired) electrons. The summed E-state index contributed by atoms with van der Waals surface area (Å²) in [6, 6.07) is 1.98. The summed E-state index contributed by atoms with van der Waals surface area (Å²) in [6.07, 6.45) is 2.06. The summed E-state index contributed by atoms with van der Waals surface area (Å²) in [5.74, 6) is -0.982. The van der Waals surface area contributed by atoms with Gasteiger partial charge < -0.3 is 10.0 Å². The van der Waals surface area contributed by atoms with Gasteiger partial charge >= 0.3 is 5.97 Å². The molecule has 0 spiro atoms. The van der Waals surface area contributed by atoms with Gasteiger partial charge in [-0.15, -0.1) is 11.3 Å². The van der Waals surface area contributed by atoms with Crippen molar-refractivity contribution in [2.24, 2.45) is 5.92 Å².